The van der Waals surface area contributed by atoms with E-state index in [9.17, 15) is 4.79 Å². The van der Waals surface area contributed by atoms with E-state index in [1.54, 1.807) is 0 Å². The molecule has 4 nitrogen and oxygen atoms in total. The van der Waals surface area contributed by atoms with Crippen LogP contribution >= 0.6 is 11.8 Å². The lowest BCUT2D eigenvalue weighted by atomic mass is 10.1. The van der Waals surface area contributed by atoms with Gasteiger partial charge in [-0.15, -0.1) is 0 Å². The van der Waals surface area contributed by atoms with Crippen LogP contribution in [0.5, 0.6) is 0 Å². The van der Waals surface area contributed by atoms with Crippen LogP contribution < -0.4 is 10.6 Å². The van der Waals surface area contributed by atoms with Gasteiger partial charge in [0.05, 0.1) is 6.04 Å². The van der Waals surface area contributed by atoms with Gasteiger partial charge >= 0.3 is 0 Å². The fourth-order valence-electron chi connectivity index (χ4n) is 2.38. The summed E-state index contributed by atoms with van der Waals surface area (Å²) in [6.07, 6.45) is 4.00. The first-order chi connectivity index (χ1) is 8.36. The van der Waals surface area contributed by atoms with Crippen molar-refractivity contribution < 1.29 is 4.79 Å². The third-order valence-corrected chi connectivity index (χ3v) is 4.48. The summed E-state index contributed by atoms with van der Waals surface area (Å²) in [6, 6.07) is 0.0232. The molecule has 2 aliphatic heterocycles. The van der Waals surface area contributed by atoms with Gasteiger partial charge in [-0.25, -0.2) is 0 Å². The quantitative estimate of drug-likeness (QED) is 0.760. The minimum atomic E-state index is 0.0232. The number of nitrogens with one attached hydrogen (secondary N) is 2. The molecule has 1 unspecified atom stereocenters. The van der Waals surface area contributed by atoms with Crippen molar-refractivity contribution in [1.82, 2.24) is 15.5 Å². The van der Waals surface area contributed by atoms with Gasteiger partial charge in [0, 0.05) is 31.1 Å². The van der Waals surface area contributed by atoms with Crippen LogP contribution in [-0.2, 0) is 4.79 Å². The fraction of sp³-hybridized carbons (Fsp3) is 0.917. The minimum Gasteiger partial charge on any atom is -0.353 e. The summed E-state index contributed by atoms with van der Waals surface area (Å²) in [4.78, 5) is 14.3. The van der Waals surface area contributed by atoms with Crippen LogP contribution in [-0.4, -0.2) is 61.1 Å². The lowest BCUT2D eigenvalue weighted by molar-refractivity contribution is -0.122. The van der Waals surface area contributed by atoms with Crippen molar-refractivity contribution in [3.05, 3.63) is 0 Å². The average Bonchev–Trinajstić information content (AvgIpc) is 2.41. The first-order valence-corrected chi connectivity index (χ1v) is 7.83. The van der Waals surface area contributed by atoms with Crippen LogP contribution in [0.2, 0.25) is 0 Å². The molecule has 5 heteroatoms. The molecule has 2 N–H and O–H groups in total. The summed E-state index contributed by atoms with van der Waals surface area (Å²) < 4.78 is 0. The first-order valence-electron chi connectivity index (χ1n) is 6.67. The highest BCUT2D eigenvalue weighted by atomic mass is 32.2. The predicted molar refractivity (Wildman–Crippen MR) is 72.4 cm³/mol. The van der Waals surface area contributed by atoms with Gasteiger partial charge in [-0.2, -0.15) is 11.8 Å². The van der Waals surface area contributed by atoms with Crippen molar-refractivity contribution in [2.75, 3.05) is 44.2 Å². The third kappa shape index (κ3) is 4.48. The second-order valence-corrected chi connectivity index (χ2v) is 5.92. The Morgan fingerprint density at radius 3 is 2.88 bits per heavy atom. The van der Waals surface area contributed by atoms with Gasteiger partial charge in [0.15, 0.2) is 0 Å². The number of likely N-dealkylation sites (tertiary alicyclic amines) is 1. The van der Waals surface area contributed by atoms with E-state index in [1.807, 2.05) is 11.8 Å². The van der Waals surface area contributed by atoms with Crippen LogP contribution in [0.3, 0.4) is 0 Å². The monoisotopic (exact) mass is 257 g/mol. The number of carbonyl (C=O) groups excluding carboxylic acids is 1. The zero-order chi connectivity index (χ0) is 11.9. The standard InChI is InChI=1S/C12H23N3OS/c16-12(11-10-17-9-5-13-11)14-4-8-15-6-2-1-3-7-15/h11,13H,1-10H2,(H,14,16). The molecular formula is C12H23N3OS. The Bertz CT molecular complexity index is 238. The van der Waals surface area contributed by atoms with Gasteiger partial charge in [0.1, 0.15) is 0 Å². The normalized spacial score (nSPS) is 26.7. The smallest absolute Gasteiger partial charge is 0.238 e. The highest BCUT2D eigenvalue weighted by Gasteiger charge is 2.20. The van der Waals surface area contributed by atoms with Gasteiger partial charge in [0.25, 0.3) is 0 Å². The molecule has 0 saturated carbocycles. The molecule has 0 bridgehead atoms. The summed E-state index contributed by atoms with van der Waals surface area (Å²) in [5.41, 5.74) is 0. The second-order valence-electron chi connectivity index (χ2n) is 4.77. The van der Waals surface area contributed by atoms with Crippen LogP contribution in [0.1, 0.15) is 19.3 Å². The Labute approximate surface area is 108 Å². The number of carbonyl (C=O) groups is 1. The zero-order valence-corrected chi connectivity index (χ0v) is 11.2. The summed E-state index contributed by atoms with van der Waals surface area (Å²) >= 11 is 1.86. The van der Waals surface area contributed by atoms with E-state index in [0.29, 0.717) is 0 Å². The third-order valence-electron chi connectivity index (χ3n) is 3.41. The molecule has 17 heavy (non-hydrogen) atoms. The van der Waals surface area contributed by atoms with E-state index in [0.717, 1.165) is 31.1 Å². The van der Waals surface area contributed by atoms with Crippen LogP contribution in [0.4, 0.5) is 0 Å². The molecule has 98 valence electrons. The fourth-order valence-corrected chi connectivity index (χ4v) is 3.31. The first kappa shape index (κ1) is 13.2. The number of thioether (sulfide) groups is 1. The van der Waals surface area contributed by atoms with Crippen molar-refractivity contribution in [2.24, 2.45) is 0 Å². The largest absolute Gasteiger partial charge is 0.353 e. The molecule has 0 aliphatic carbocycles. The summed E-state index contributed by atoms with van der Waals surface area (Å²) in [5, 5.41) is 6.30. The van der Waals surface area contributed by atoms with Gasteiger partial charge in [-0.3, -0.25) is 4.79 Å². The molecule has 1 amide bonds. The second kappa shape index (κ2) is 7.24. The van der Waals surface area contributed by atoms with Gasteiger partial charge < -0.3 is 15.5 Å². The Kier molecular flexibility index (Phi) is 5.61. The van der Waals surface area contributed by atoms with E-state index in [4.69, 9.17) is 0 Å². The van der Waals surface area contributed by atoms with Crippen molar-refractivity contribution in [2.45, 2.75) is 25.3 Å². The molecule has 0 aromatic rings. The van der Waals surface area contributed by atoms with Crippen molar-refractivity contribution in [1.29, 1.82) is 0 Å². The zero-order valence-electron chi connectivity index (χ0n) is 10.4. The predicted octanol–water partition coefficient (Wildman–Crippen LogP) is 0.294. The lowest BCUT2D eigenvalue weighted by Crippen LogP contribution is -2.50. The van der Waals surface area contributed by atoms with E-state index in [1.165, 1.54) is 32.4 Å². The molecule has 2 saturated heterocycles. The van der Waals surface area contributed by atoms with Crippen LogP contribution in [0.15, 0.2) is 0 Å². The van der Waals surface area contributed by atoms with Gasteiger partial charge in [0.2, 0.25) is 5.91 Å². The Hall–Kier alpha value is -0.260. The Morgan fingerprint density at radius 1 is 1.35 bits per heavy atom. The number of hydrogen-bond acceptors (Lipinski definition) is 4. The Balaban J connectivity index is 1.58. The maximum atomic E-state index is 11.8. The molecule has 2 heterocycles. The molecule has 0 aromatic heterocycles. The van der Waals surface area contributed by atoms with Crippen molar-refractivity contribution in [3.63, 3.8) is 0 Å². The highest BCUT2D eigenvalue weighted by Crippen LogP contribution is 2.08. The number of hydrogen-bond donors (Lipinski definition) is 2. The highest BCUT2D eigenvalue weighted by molar-refractivity contribution is 7.99. The van der Waals surface area contributed by atoms with E-state index < -0.39 is 0 Å². The van der Waals surface area contributed by atoms with Gasteiger partial charge in [-0.1, -0.05) is 6.42 Å². The molecule has 0 spiro atoms. The van der Waals surface area contributed by atoms with Gasteiger partial charge in [-0.05, 0) is 25.9 Å². The van der Waals surface area contributed by atoms with E-state index in [-0.39, 0.29) is 11.9 Å². The SMILES string of the molecule is O=C(NCCN1CCCCC1)C1CSCCN1. The van der Waals surface area contributed by atoms with Crippen LogP contribution in [0.25, 0.3) is 0 Å². The average molecular weight is 257 g/mol. The maximum absolute atomic E-state index is 11.8. The maximum Gasteiger partial charge on any atom is 0.238 e. The van der Waals surface area contributed by atoms with E-state index in [2.05, 4.69) is 15.5 Å². The number of piperidine rings is 1. The van der Waals surface area contributed by atoms with Crippen molar-refractivity contribution >= 4 is 17.7 Å². The molecule has 2 rings (SSSR count). The molecule has 2 fully saturated rings. The molecule has 1 atom stereocenters. The molecule has 2 aliphatic rings. The molecule has 0 aromatic carbocycles. The summed E-state index contributed by atoms with van der Waals surface area (Å²) in [5.74, 6) is 2.21. The molecular weight excluding hydrogens is 234 g/mol. The lowest BCUT2D eigenvalue weighted by Gasteiger charge is -2.27. The number of nitrogens with zero attached hydrogens (tertiary/aromatic N) is 1. The van der Waals surface area contributed by atoms with E-state index >= 15 is 0 Å². The number of rotatable bonds is 4. The summed E-state index contributed by atoms with van der Waals surface area (Å²) in [6.45, 7) is 5.16. The molecule has 0 radical (unpaired) electrons. The summed E-state index contributed by atoms with van der Waals surface area (Å²) in [7, 11) is 0. The Morgan fingerprint density at radius 2 is 2.18 bits per heavy atom. The minimum absolute atomic E-state index is 0.0232. The van der Waals surface area contributed by atoms with Crippen molar-refractivity contribution in [3.8, 4) is 0 Å². The topological polar surface area (TPSA) is 44.4 Å². The van der Waals surface area contributed by atoms with Crippen LogP contribution in [0, 0.1) is 0 Å². The number of amides is 1.